The predicted octanol–water partition coefficient (Wildman–Crippen LogP) is 4.19. The topological polar surface area (TPSA) is 49.3 Å². The van der Waals surface area contributed by atoms with Crippen LogP contribution >= 0.6 is 11.6 Å². The van der Waals surface area contributed by atoms with Crippen LogP contribution < -0.4 is 9.80 Å². The lowest BCUT2D eigenvalue weighted by Crippen LogP contribution is -2.31. The van der Waals surface area contributed by atoms with Crippen molar-refractivity contribution in [2.24, 2.45) is 0 Å². The van der Waals surface area contributed by atoms with Gasteiger partial charge in [0, 0.05) is 12.6 Å². The molecule has 4 rings (SSSR count). The first-order valence-electron chi connectivity index (χ1n) is 8.44. The molecule has 6 heteroatoms. The second-order valence-electron chi connectivity index (χ2n) is 6.30. The highest BCUT2D eigenvalue weighted by Crippen LogP contribution is 2.45. The molecule has 1 aromatic carbocycles. The van der Waals surface area contributed by atoms with Crippen LogP contribution in [-0.4, -0.2) is 28.7 Å². The zero-order valence-corrected chi connectivity index (χ0v) is 14.3. The Kier molecular flexibility index (Phi) is 3.88. The van der Waals surface area contributed by atoms with E-state index >= 15 is 0 Å². The molecule has 24 heavy (non-hydrogen) atoms. The smallest absolute Gasteiger partial charge is 0.262 e. The molecule has 0 spiro atoms. The Labute approximate surface area is 146 Å². The molecule has 0 radical (unpaired) electrons. The van der Waals surface area contributed by atoms with E-state index in [4.69, 9.17) is 11.6 Å². The Morgan fingerprint density at radius 2 is 1.96 bits per heavy atom. The summed E-state index contributed by atoms with van der Waals surface area (Å²) in [7, 11) is 0. The lowest BCUT2D eigenvalue weighted by Gasteiger charge is -2.26. The number of anilines is 3. The molecular weight excluding hydrogens is 324 g/mol. The molecule has 2 aliphatic rings. The number of aromatic nitrogens is 2. The summed E-state index contributed by atoms with van der Waals surface area (Å²) < 4.78 is 0. The average Bonchev–Trinajstić information content (AvgIpc) is 3.42. The maximum atomic E-state index is 13.2. The van der Waals surface area contributed by atoms with Gasteiger partial charge in [0.15, 0.2) is 11.0 Å². The minimum atomic E-state index is -0.0501. The molecular formula is C18H19ClN4O. The van der Waals surface area contributed by atoms with Gasteiger partial charge in [0.05, 0.1) is 16.9 Å². The Hall–Kier alpha value is -2.14. The maximum Gasteiger partial charge on any atom is 0.262 e. The van der Waals surface area contributed by atoms with E-state index in [9.17, 15) is 4.79 Å². The van der Waals surface area contributed by atoms with E-state index in [0.29, 0.717) is 24.0 Å². The molecule has 0 bridgehead atoms. The number of hydrogen-bond acceptors (Lipinski definition) is 4. The van der Waals surface area contributed by atoms with Gasteiger partial charge in [-0.2, -0.15) is 0 Å². The van der Waals surface area contributed by atoms with E-state index in [2.05, 4.69) is 28.1 Å². The van der Waals surface area contributed by atoms with Crippen LogP contribution in [0, 0.1) is 0 Å². The fraction of sp³-hybridized carbons (Fsp3) is 0.389. The highest BCUT2D eigenvalue weighted by molar-refractivity contribution is 6.30. The fourth-order valence-corrected chi connectivity index (χ4v) is 3.35. The average molecular weight is 343 g/mol. The molecule has 1 amide bonds. The summed E-state index contributed by atoms with van der Waals surface area (Å²) in [6.45, 7) is 2.81. The van der Waals surface area contributed by atoms with Crippen LogP contribution in [0.3, 0.4) is 0 Å². The van der Waals surface area contributed by atoms with E-state index < -0.39 is 0 Å². The Bertz CT molecular complexity index is 790. The molecule has 0 atom stereocenters. The molecule has 0 saturated heterocycles. The van der Waals surface area contributed by atoms with Crippen LogP contribution in [0.15, 0.2) is 30.3 Å². The van der Waals surface area contributed by atoms with E-state index in [0.717, 1.165) is 37.1 Å². The fourth-order valence-electron chi connectivity index (χ4n) is 3.20. The molecule has 2 aromatic rings. The zero-order valence-electron chi connectivity index (χ0n) is 13.6. The molecule has 1 aliphatic carbocycles. The summed E-state index contributed by atoms with van der Waals surface area (Å²) in [5, 5.41) is 8.52. The van der Waals surface area contributed by atoms with Crippen molar-refractivity contribution in [1.82, 2.24) is 10.2 Å². The van der Waals surface area contributed by atoms with Gasteiger partial charge in [0.1, 0.15) is 0 Å². The second-order valence-corrected chi connectivity index (χ2v) is 6.69. The molecule has 1 aromatic heterocycles. The third kappa shape index (κ3) is 2.53. The van der Waals surface area contributed by atoms with Crippen molar-refractivity contribution in [3.8, 4) is 0 Å². The van der Waals surface area contributed by atoms with E-state index in [1.54, 1.807) is 6.07 Å². The van der Waals surface area contributed by atoms with Gasteiger partial charge in [0.2, 0.25) is 0 Å². The molecule has 124 valence electrons. The largest absolute Gasteiger partial charge is 0.319 e. The van der Waals surface area contributed by atoms with Crippen molar-refractivity contribution >= 4 is 34.7 Å². The summed E-state index contributed by atoms with van der Waals surface area (Å²) >= 11 is 6.04. The molecule has 0 unspecified atom stereocenters. The number of hydrogen-bond donors (Lipinski definition) is 0. The quantitative estimate of drug-likeness (QED) is 0.835. The molecule has 1 aliphatic heterocycles. The first-order chi connectivity index (χ1) is 11.7. The van der Waals surface area contributed by atoms with Crippen LogP contribution in [0.5, 0.6) is 0 Å². The third-order valence-electron chi connectivity index (χ3n) is 4.53. The van der Waals surface area contributed by atoms with Crippen LogP contribution in [0.25, 0.3) is 0 Å². The minimum Gasteiger partial charge on any atom is -0.319 e. The third-order valence-corrected chi connectivity index (χ3v) is 4.71. The minimum absolute atomic E-state index is 0.0501. The highest BCUT2D eigenvalue weighted by Gasteiger charge is 2.39. The summed E-state index contributed by atoms with van der Waals surface area (Å²) in [6.07, 6.45) is 4.17. The Morgan fingerprint density at radius 3 is 2.67 bits per heavy atom. The van der Waals surface area contributed by atoms with Gasteiger partial charge >= 0.3 is 0 Å². The highest BCUT2D eigenvalue weighted by atomic mass is 35.5. The SMILES string of the molecule is CCCCN1C(=O)c2cc(Cl)nnc2N(C2CC2)c2ccccc21. The number of amides is 1. The predicted molar refractivity (Wildman–Crippen MR) is 95.2 cm³/mol. The first-order valence-corrected chi connectivity index (χ1v) is 8.82. The molecule has 1 saturated carbocycles. The first kappa shape index (κ1) is 15.4. The number of nitrogens with zero attached hydrogens (tertiary/aromatic N) is 4. The van der Waals surface area contributed by atoms with Gasteiger partial charge in [0.25, 0.3) is 5.91 Å². The van der Waals surface area contributed by atoms with Crippen LogP contribution in [-0.2, 0) is 0 Å². The normalized spacial score (nSPS) is 16.7. The second kappa shape index (κ2) is 6.06. The summed E-state index contributed by atoms with van der Waals surface area (Å²) in [5.74, 6) is 0.573. The lowest BCUT2D eigenvalue weighted by molar-refractivity contribution is 0.0987. The van der Waals surface area contributed by atoms with Crippen molar-refractivity contribution in [2.45, 2.75) is 38.6 Å². The van der Waals surface area contributed by atoms with Gasteiger partial charge in [-0.15, -0.1) is 10.2 Å². The van der Waals surface area contributed by atoms with Crippen molar-refractivity contribution in [3.05, 3.63) is 41.0 Å². The number of unbranched alkanes of at least 4 members (excludes halogenated alkanes) is 1. The Morgan fingerprint density at radius 1 is 1.21 bits per heavy atom. The van der Waals surface area contributed by atoms with E-state index in [1.165, 1.54) is 0 Å². The van der Waals surface area contributed by atoms with Crippen LogP contribution in [0.4, 0.5) is 17.2 Å². The summed E-state index contributed by atoms with van der Waals surface area (Å²) in [4.78, 5) is 17.2. The number of para-hydroxylation sites is 2. The summed E-state index contributed by atoms with van der Waals surface area (Å²) in [6, 6.07) is 10.1. The van der Waals surface area contributed by atoms with Crippen LogP contribution in [0.1, 0.15) is 43.0 Å². The monoisotopic (exact) mass is 342 g/mol. The van der Waals surface area contributed by atoms with E-state index in [1.807, 2.05) is 23.1 Å². The lowest BCUT2D eigenvalue weighted by atomic mass is 10.2. The molecule has 1 fully saturated rings. The summed E-state index contributed by atoms with van der Waals surface area (Å²) in [5.41, 5.74) is 2.51. The van der Waals surface area contributed by atoms with Crippen molar-refractivity contribution in [2.75, 3.05) is 16.3 Å². The van der Waals surface area contributed by atoms with Crippen molar-refractivity contribution < 1.29 is 4.79 Å². The number of benzene rings is 1. The van der Waals surface area contributed by atoms with Gasteiger partial charge < -0.3 is 9.80 Å². The molecule has 0 N–H and O–H groups in total. The standard InChI is InChI=1S/C18H19ClN4O/c1-2-3-10-22-14-6-4-5-7-15(14)23(12-8-9-12)17-13(18(22)24)11-16(19)20-21-17/h4-7,11-12H,2-3,8-10H2,1H3. The van der Waals surface area contributed by atoms with Gasteiger partial charge in [-0.05, 0) is 37.5 Å². The number of carbonyl (C=O) groups is 1. The number of rotatable bonds is 4. The number of carbonyl (C=O) groups excluding carboxylic acids is 1. The maximum absolute atomic E-state index is 13.2. The molecule has 5 nitrogen and oxygen atoms in total. The van der Waals surface area contributed by atoms with Gasteiger partial charge in [-0.1, -0.05) is 37.1 Å². The Balaban J connectivity index is 1.93. The number of halogens is 1. The van der Waals surface area contributed by atoms with E-state index in [-0.39, 0.29) is 11.1 Å². The van der Waals surface area contributed by atoms with Gasteiger partial charge in [-0.3, -0.25) is 4.79 Å². The van der Waals surface area contributed by atoms with Crippen molar-refractivity contribution in [3.63, 3.8) is 0 Å². The van der Waals surface area contributed by atoms with Crippen LogP contribution in [0.2, 0.25) is 5.15 Å². The number of fused-ring (bicyclic) bond motifs is 2. The van der Waals surface area contributed by atoms with Gasteiger partial charge in [-0.25, -0.2) is 0 Å². The zero-order chi connectivity index (χ0) is 16.7. The molecule has 2 heterocycles. The van der Waals surface area contributed by atoms with Crippen molar-refractivity contribution in [1.29, 1.82) is 0 Å².